The number of carbonyl (C=O) groups excluding carboxylic acids is 2. The lowest BCUT2D eigenvalue weighted by Gasteiger charge is -2.23. The van der Waals surface area contributed by atoms with Crippen LogP contribution < -0.4 is 4.90 Å². The standard InChI is InChI=1S/C37H43NO3/c1-3-5-6-7-8-9-10-12-17-32-18-20-34(21-19-32)30-38(36(39)28-24-31-15-13-11-14-16-31)35-26-22-33(23-27-35)25-29-37(40)41-4-2/h11,13-16,18-23,25-27,29H,3-10,24,28,30H2,1-2H3/b29-25+. The van der Waals surface area contributed by atoms with Crippen molar-refractivity contribution in [3.63, 3.8) is 0 Å². The van der Waals surface area contributed by atoms with Gasteiger partial charge in [0.1, 0.15) is 0 Å². The van der Waals surface area contributed by atoms with Gasteiger partial charge in [-0.25, -0.2) is 4.79 Å². The van der Waals surface area contributed by atoms with Crippen molar-refractivity contribution >= 4 is 23.6 Å². The molecule has 3 aromatic carbocycles. The summed E-state index contributed by atoms with van der Waals surface area (Å²) in [5.41, 5.74) is 4.87. The highest BCUT2D eigenvalue weighted by atomic mass is 16.5. The van der Waals surface area contributed by atoms with Gasteiger partial charge in [0, 0.05) is 30.2 Å². The number of hydrogen-bond acceptors (Lipinski definition) is 3. The molecule has 4 nitrogen and oxygen atoms in total. The molecule has 0 unspecified atom stereocenters. The van der Waals surface area contributed by atoms with Crippen molar-refractivity contribution in [1.82, 2.24) is 0 Å². The predicted molar refractivity (Wildman–Crippen MR) is 169 cm³/mol. The number of esters is 1. The van der Waals surface area contributed by atoms with E-state index in [0.29, 0.717) is 26.0 Å². The summed E-state index contributed by atoms with van der Waals surface area (Å²) in [4.78, 5) is 27.0. The summed E-state index contributed by atoms with van der Waals surface area (Å²) in [7, 11) is 0. The van der Waals surface area contributed by atoms with Crippen LogP contribution in [-0.4, -0.2) is 18.5 Å². The fraction of sp³-hybridized carbons (Fsp3) is 0.351. The van der Waals surface area contributed by atoms with E-state index in [1.807, 2.05) is 59.5 Å². The lowest BCUT2D eigenvalue weighted by atomic mass is 10.1. The Morgan fingerprint density at radius 2 is 1.51 bits per heavy atom. The Morgan fingerprint density at radius 1 is 0.805 bits per heavy atom. The highest BCUT2D eigenvalue weighted by Crippen LogP contribution is 2.21. The summed E-state index contributed by atoms with van der Waals surface area (Å²) in [5.74, 6) is 6.29. The first-order valence-corrected chi connectivity index (χ1v) is 15.0. The molecule has 214 valence electrons. The Morgan fingerprint density at radius 3 is 2.22 bits per heavy atom. The van der Waals surface area contributed by atoms with Crippen LogP contribution in [-0.2, 0) is 27.3 Å². The van der Waals surface area contributed by atoms with Crippen LogP contribution >= 0.6 is 0 Å². The molecule has 0 spiro atoms. The minimum Gasteiger partial charge on any atom is -0.463 e. The van der Waals surface area contributed by atoms with Crippen LogP contribution in [0, 0.1) is 11.8 Å². The lowest BCUT2D eigenvalue weighted by Crippen LogP contribution is -2.30. The Labute approximate surface area is 246 Å². The molecule has 41 heavy (non-hydrogen) atoms. The molecule has 1 amide bonds. The molecule has 0 N–H and O–H groups in total. The van der Waals surface area contributed by atoms with Crippen LogP contribution in [0.4, 0.5) is 5.69 Å². The lowest BCUT2D eigenvalue weighted by molar-refractivity contribution is -0.137. The molecule has 0 heterocycles. The van der Waals surface area contributed by atoms with Gasteiger partial charge >= 0.3 is 5.97 Å². The average Bonchev–Trinajstić information content (AvgIpc) is 3.00. The van der Waals surface area contributed by atoms with E-state index in [4.69, 9.17) is 4.74 Å². The molecule has 3 rings (SSSR count). The van der Waals surface area contributed by atoms with Gasteiger partial charge in [0.05, 0.1) is 13.2 Å². The number of ether oxygens (including phenoxy) is 1. The number of nitrogens with zero attached hydrogens (tertiary/aromatic N) is 1. The molecule has 4 heteroatoms. The molecule has 3 aromatic rings. The summed E-state index contributed by atoms with van der Waals surface area (Å²) < 4.78 is 4.96. The summed E-state index contributed by atoms with van der Waals surface area (Å²) in [6, 6.07) is 25.9. The fourth-order valence-electron chi connectivity index (χ4n) is 4.51. The third-order valence-corrected chi connectivity index (χ3v) is 6.86. The molecule has 0 radical (unpaired) electrons. The van der Waals surface area contributed by atoms with Gasteiger partial charge in [0.25, 0.3) is 0 Å². The predicted octanol–water partition coefficient (Wildman–Crippen LogP) is 8.53. The van der Waals surface area contributed by atoms with Crippen LogP contribution in [0.1, 0.15) is 87.5 Å². The number of benzene rings is 3. The number of aryl methyl sites for hydroxylation is 1. The number of unbranched alkanes of at least 4 members (excludes halogenated alkanes) is 6. The summed E-state index contributed by atoms with van der Waals surface area (Å²) in [6.07, 6.45) is 12.8. The smallest absolute Gasteiger partial charge is 0.330 e. The van der Waals surface area contributed by atoms with E-state index in [1.165, 1.54) is 38.2 Å². The van der Waals surface area contributed by atoms with Gasteiger partial charge in [-0.2, -0.15) is 0 Å². The molecule has 0 atom stereocenters. The molecule has 0 aromatic heterocycles. The minimum atomic E-state index is -0.371. The second kappa shape index (κ2) is 18.3. The maximum Gasteiger partial charge on any atom is 0.330 e. The molecule has 0 aliphatic rings. The van der Waals surface area contributed by atoms with Gasteiger partial charge in [-0.1, -0.05) is 105 Å². The Balaban J connectivity index is 1.66. The van der Waals surface area contributed by atoms with Gasteiger partial charge in [0.15, 0.2) is 0 Å². The van der Waals surface area contributed by atoms with Gasteiger partial charge in [-0.05, 0) is 66.8 Å². The first-order valence-electron chi connectivity index (χ1n) is 15.0. The fourth-order valence-corrected chi connectivity index (χ4v) is 4.51. The number of carbonyl (C=O) groups is 2. The second-order valence-electron chi connectivity index (χ2n) is 10.2. The molecule has 0 aliphatic heterocycles. The van der Waals surface area contributed by atoms with Crippen molar-refractivity contribution < 1.29 is 14.3 Å². The van der Waals surface area contributed by atoms with E-state index in [9.17, 15) is 9.59 Å². The summed E-state index contributed by atoms with van der Waals surface area (Å²) in [6.45, 7) is 4.83. The van der Waals surface area contributed by atoms with Crippen molar-refractivity contribution in [2.75, 3.05) is 11.5 Å². The van der Waals surface area contributed by atoms with Gasteiger partial charge < -0.3 is 9.64 Å². The molecule has 0 saturated carbocycles. The molecule has 0 bridgehead atoms. The number of rotatable bonds is 15. The normalized spacial score (nSPS) is 10.7. The van der Waals surface area contributed by atoms with Crippen LogP contribution in [0.15, 0.2) is 84.9 Å². The molecule has 0 aliphatic carbocycles. The third kappa shape index (κ3) is 11.9. The van der Waals surface area contributed by atoms with E-state index in [0.717, 1.165) is 40.8 Å². The first kappa shape index (κ1) is 31.4. The second-order valence-corrected chi connectivity index (χ2v) is 10.2. The van der Waals surface area contributed by atoms with Gasteiger partial charge in [0.2, 0.25) is 5.91 Å². The Bertz CT molecular complexity index is 1280. The zero-order chi connectivity index (χ0) is 29.1. The number of hydrogen-bond donors (Lipinski definition) is 0. The highest BCUT2D eigenvalue weighted by Gasteiger charge is 2.16. The van der Waals surface area contributed by atoms with Crippen molar-refractivity contribution in [1.29, 1.82) is 0 Å². The average molecular weight is 550 g/mol. The maximum absolute atomic E-state index is 13.5. The Hall–Kier alpha value is -4.10. The van der Waals surface area contributed by atoms with E-state index >= 15 is 0 Å². The first-order chi connectivity index (χ1) is 20.1. The molecule has 0 fully saturated rings. The monoisotopic (exact) mass is 549 g/mol. The molecule has 0 saturated heterocycles. The van der Waals surface area contributed by atoms with Crippen LogP contribution in [0.3, 0.4) is 0 Å². The van der Waals surface area contributed by atoms with Crippen LogP contribution in [0.2, 0.25) is 0 Å². The van der Waals surface area contributed by atoms with E-state index in [2.05, 4.69) is 43.0 Å². The summed E-state index contributed by atoms with van der Waals surface area (Å²) >= 11 is 0. The third-order valence-electron chi connectivity index (χ3n) is 6.86. The highest BCUT2D eigenvalue weighted by molar-refractivity contribution is 5.93. The van der Waals surface area contributed by atoms with Gasteiger partial charge in [-0.15, -0.1) is 0 Å². The zero-order valence-corrected chi connectivity index (χ0v) is 24.6. The maximum atomic E-state index is 13.5. The van der Waals surface area contributed by atoms with E-state index < -0.39 is 0 Å². The SMILES string of the molecule is CCCCCCCCC#Cc1ccc(CN(C(=O)CCc2ccccc2)c2ccc(/C=C/C(=O)OCC)cc2)cc1. The van der Waals surface area contributed by atoms with Crippen molar-refractivity contribution in [2.45, 2.75) is 78.2 Å². The molecular weight excluding hydrogens is 506 g/mol. The number of anilines is 1. The van der Waals surface area contributed by atoms with Crippen LogP contribution in [0.25, 0.3) is 6.08 Å². The number of amides is 1. The largest absolute Gasteiger partial charge is 0.463 e. The molecular formula is C37H43NO3. The van der Waals surface area contributed by atoms with Crippen molar-refractivity contribution in [3.8, 4) is 11.8 Å². The zero-order valence-electron chi connectivity index (χ0n) is 24.6. The van der Waals surface area contributed by atoms with Gasteiger partial charge in [-0.3, -0.25) is 4.79 Å². The van der Waals surface area contributed by atoms with Crippen LogP contribution in [0.5, 0.6) is 0 Å². The van der Waals surface area contributed by atoms with E-state index in [-0.39, 0.29) is 11.9 Å². The van der Waals surface area contributed by atoms with E-state index in [1.54, 1.807) is 13.0 Å². The topological polar surface area (TPSA) is 46.6 Å². The minimum absolute atomic E-state index is 0.0615. The Kier molecular flexibility index (Phi) is 14.0. The quantitative estimate of drug-likeness (QED) is 0.0826. The summed E-state index contributed by atoms with van der Waals surface area (Å²) in [5, 5.41) is 0. The van der Waals surface area contributed by atoms with Crippen molar-refractivity contribution in [2.24, 2.45) is 0 Å². The van der Waals surface area contributed by atoms with Crippen molar-refractivity contribution in [3.05, 3.63) is 107 Å².